The Labute approximate surface area is 122 Å². The van der Waals surface area contributed by atoms with Gasteiger partial charge in [-0.2, -0.15) is 0 Å². The molecule has 0 amide bonds. The average molecular weight is 281 g/mol. The van der Waals surface area contributed by atoms with E-state index in [4.69, 9.17) is 0 Å². The number of fused-ring (bicyclic) bond motifs is 1. The molecule has 0 saturated heterocycles. The number of rotatable bonds is 2. The van der Waals surface area contributed by atoms with Crippen molar-refractivity contribution in [2.75, 3.05) is 0 Å². The fourth-order valence-electron chi connectivity index (χ4n) is 2.45. The van der Waals surface area contributed by atoms with Gasteiger partial charge in [0, 0.05) is 16.6 Å². The molecule has 21 heavy (non-hydrogen) atoms. The fraction of sp³-hybridized carbons (Fsp3) is 0.167. The molecule has 0 fully saturated rings. The molecule has 0 spiro atoms. The smallest absolute Gasteiger partial charge is 0.129 e. The number of hydrogen-bond donors (Lipinski definition) is 1. The second kappa shape index (κ2) is 5.26. The maximum atomic E-state index is 14.0. The van der Waals surface area contributed by atoms with Crippen LogP contribution in [-0.2, 0) is 0 Å². The van der Waals surface area contributed by atoms with Crippen molar-refractivity contribution < 1.29 is 9.50 Å². The van der Waals surface area contributed by atoms with E-state index in [1.807, 2.05) is 38.1 Å². The molecule has 0 saturated carbocycles. The molecule has 2 aromatic carbocycles. The van der Waals surface area contributed by atoms with Crippen LogP contribution in [0.25, 0.3) is 10.9 Å². The predicted molar refractivity (Wildman–Crippen MR) is 81.7 cm³/mol. The first kappa shape index (κ1) is 13.7. The zero-order valence-electron chi connectivity index (χ0n) is 12.0. The third-order valence-corrected chi connectivity index (χ3v) is 3.62. The molecule has 106 valence electrons. The van der Waals surface area contributed by atoms with Crippen LogP contribution in [0.1, 0.15) is 28.5 Å². The van der Waals surface area contributed by atoms with E-state index in [0.717, 1.165) is 22.2 Å². The van der Waals surface area contributed by atoms with E-state index in [1.54, 1.807) is 18.2 Å². The Hall–Kier alpha value is -2.26. The van der Waals surface area contributed by atoms with E-state index >= 15 is 0 Å². The summed E-state index contributed by atoms with van der Waals surface area (Å²) in [6, 6.07) is 14.2. The standard InChI is InChI=1S/C18H16FNO/c1-11-3-7-15(16(19)9-11)18(21)14-6-8-17-13(10-14)5-4-12(2)20-17/h3-10,18,21H,1-2H3. The molecule has 0 bridgehead atoms. The highest BCUT2D eigenvalue weighted by Crippen LogP contribution is 2.27. The Morgan fingerprint density at radius 2 is 1.81 bits per heavy atom. The molecule has 0 aliphatic carbocycles. The van der Waals surface area contributed by atoms with Gasteiger partial charge in [-0.1, -0.05) is 24.3 Å². The molecule has 0 aliphatic heterocycles. The molecule has 0 aliphatic rings. The van der Waals surface area contributed by atoms with Crippen LogP contribution < -0.4 is 0 Å². The highest BCUT2D eigenvalue weighted by molar-refractivity contribution is 5.79. The highest BCUT2D eigenvalue weighted by atomic mass is 19.1. The van der Waals surface area contributed by atoms with Crippen LogP contribution in [0.4, 0.5) is 4.39 Å². The first-order valence-corrected chi connectivity index (χ1v) is 6.86. The van der Waals surface area contributed by atoms with Crippen molar-refractivity contribution in [2.45, 2.75) is 20.0 Å². The van der Waals surface area contributed by atoms with E-state index in [9.17, 15) is 9.50 Å². The molecule has 3 heteroatoms. The van der Waals surface area contributed by atoms with Crippen LogP contribution in [0.15, 0.2) is 48.5 Å². The summed E-state index contributed by atoms with van der Waals surface area (Å²) in [6.45, 7) is 3.76. The van der Waals surface area contributed by atoms with Gasteiger partial charge in [0.2, 0.25) is 0 Å². The predicted octanol–water partition coefficient (Wildman–Crippen LogP) is 4.07. The highest BCUT2D eigenvalue weighted by Gasteiger charge is 2.15. The summed E-state index contributed by atoms with van der Waals surface area (Å²) in [5, 5.41) is 11.4. The van der Waals surface area contributed by atoms with E-state index < -0.39 is 6.10 Å². The molecule has 1 heterocycles. The number of halogens is 1. The van der Waals surface area contributed by atoms with Crippen molar-refractivity contribution in [3.63, 3.8) is 0 Å². The number of pyridine rings is 1. The van der Waals surface area contributed by atoms with Gasteiger partial charge in [-0.15, -0.1) is 0 Å². The van der Waals surface area contributed by atoms with Gasteiger partial charge in [0.1, 0.15) is 11.9 Å². The molecule has 1 aromatic heterocycles. The quantitative estimate of drug-likeness (QED) is 0.768. The van der Waals surface area contributed by atoms with Crippen LogP contribution in [0.3, 0.4) is 0 Å². The first-order chi connectivity index (χ1) is 10.0. The molecule has 2 nitrogen and oxygen atoms in total. The zero-order chi connectivity index (χ0) is 15.0. The lowest BCUT2D eigenvalue weighted by Gasteiger charge is -2.13. The van der Waals surface area contributed by atoms with Gasteiger partial charge >= 0.3 is 0 Å². The monoisotopic (exact) mass is 281 g/mol. The topological polar surface area (TPSA) is 33.1 Å². The number of aliphatic hydroxyl groups excluding tert-OH is 1. The van der Waals surface area contributed by atoms with Gasteiger partial charge in [-0.25, -0.2) is 4.39 Å². The minimum atomic E-state index is -0.976. The summed E-state index contributed by atoms with van der Waals surface area (Å²) >= 11 is 0. The molecule has 3 aromatic rings. The maximum absolute atomic E-state index is 14.0. The molecule has 0 radical (unpaired) electrons. The normalized spacial score (nSPS) is 12.6. The fourth-order valence-corrected chi connectivity index (χ4v) is 2.45. The molecule has 1 atom stereocenters. The lowest BCUT2D eigenvalue weighted by atomic mass is 9.98. The second-order valence-corrected chi connectivity index (χ2v) is 5.33. The van der Waals surface area contributed by atoms with E-state index in [-0.39, 0.29) is 5.82 Å². The second-order valence-electron chi connectivity index (χ2n) is 5.33. The summed E-state index contributed by atoms with van der Waals surface area (Å²) < 4.78 is 14.0. The van der Waals surface area contributed by atoms with E-state index in [1.165, 1.54) is 6.07 Å². The van der Waals surface area contributed by atoms with Gasteiger partial charge in [0.15, 0.2) is 0 Å². The maximum Gasteiger partial charge on any atom is 0.129 e. The summed E-state index contributed by atoms with van der Waals surface area (Å²) in [7, 11) is 0. The molecular formula is C18H16FNO. The Kier molecular flexibility index (Phi) is 3.43. The number of aliphatic hydroxyl groups is 1. The third kappa shape index (κ3) is 2.65. The Morgan fingerprint density at radius 3 is 2.57 bits per heavy atom. The molecular weight excluding hydrogens is 265 g/mol. The Balaban J connectivity index is 2.04. The van der Waals surface area contributed by atoms with Crippen molar-refractivity contribution in [3.8, 4) is 0 Å². The van der Waals surface area contributed by atoms with E-state index in [0.29, 0.717) is 11.1 Å². The summed E-state index contributed by atoms with van der Waals surface area (Å²) in [4.78, 5) is 4.42. The minimum Gasteiger partial charge on any atom is -0.384 e. The van der Waals surface area contributed by atoms with Gasteiger partial charge in [0.05, 0.1) is 5.52 Å². The largest absolute Gasteiger partial charge is 0.384 e. The van der Waals surface area contributed by atoms with Crippen molar-refractivity contribution in [2.24, 2.45) is 0 Å². The van der Waals surface area contributed by atoms with Crippen molar-refractivity contribution in [3.05, 3.63) is 76.7 Å². The van der Waals surface area contributed by atoms with Crippen molar-refractivity contribution in [1.29, 1.82) is 0 Å². The van der Waals surface area contributed by atoms with Crippen LogP contribution in [-0.4, -0.2) is 10.1 Å². The van der Waals surface area contributed by atoms with Crippen LogP contribution >= 0.6 is 0 Å². The molecule has 3 rings (SSSR count). The van der Waals surface area contributed by atoms with E-state index in [2.05, 4.69) is 4.98 Å². The minimum absolute atomic E-state index is 0.292. The molecule has 1 unspecified atom stereocenters. The average Bonchev–Trinajstić information content (AvgIpc) is 2.46. The number of aryl methyl sites for hydroxylation is 2. The Bertz CT molecular complexity index is 813. The Morgan fingerprint density at radius 1 is 1.00 bits per heavy atom. The number of aromatic nitrogens is 1. The van der Waals surface area contributed by atoms with Gasteiger partial charge in [-0.3, -0.25) is 4.98 Å². The zero-order valence-corrected chi connectivity index (χ0v) is 12.0. The van der Waals surface area contributed by atoms with Crippen LogP contribution in [0.5, 0.6) is 0 Å². The van der Waals surface area contributed by atoms with Crippen molar-refractivity contribution in [1.82, 2.24) is 4.98 Å². The van der Waals surface area contributed by atoms with Crippen molar-refractivity contribution >= 4 is 10.9 Å². The van der Waals surface area contributed by atoms with Gasteiger partial charge in [0.25, 0.3) is 0 Å². The summed E-state index contributed by atoms with van der Waals surface area (Å²) in [5.41, 5.74) is 3.60. The van der Waals surface area contributed by atoms with Crippen LogP contribution in [0.2, 0.25) is 0 Å². The summed E-state index contributed by atoms with van der Waals surface area (Å²) in [5.74, 6) is -0.385. The SMILES string of the molecule is Cc1ccc(C(O)c2ccc3nc(C)ccc3c2)c(F)c1. The number of hydrogen-bond acceptors (Lipinski definition) is 2. The van der Waals surface area contributed by atoms with Gasteiger partial charge in [-0.05, 0) is 49.2 Å². The van der Waals surface area contributed by atoms with Gasteiger partial charge < -0.3 is 5.11 Å². The lowest BCUT2D eigenvalue weighted by molar-refractivity contribution is 0.215. The first-order valence-electron chi connectivity index (χ1n) is 6.86. The summed E-state index contributed by atoms with van der Waals surface area (Å²) in [6.07, 6.45) is -0.976. The number of benzene rings is 2. The number of nitrogens with zero attached hydrogens (tertiary/aromatic N) is 1. The van der Waals surface area contributed by atoms with Crippen LogP contribution in [0, 0.1) is 19.7 Å². The lowest BCUT2D eigenvalue weighted by Crippen LogP contribution is -2.03. The third-order valence-electron chi connectivity index (χ3n) is 3.62. The molecule has 1 N–H and O–H groups in total.